The molecule has 0 bridgehead atoms. The van der Waals surface area contributed by atoms with E-state index in [1.807, 2.05) is 0 Å². The van der Waals surface area contributed by atoms with Gasteiger partial charge in [-0.05, 0) is 117 Å². The van der Waals surface area contributed by atoms with Gasteiger partial charge in [-0.3, -0.25) is 0 Å². The fourth-order valence-corrected chi connectivity index (χ4v) is 6.12. The molecule has 38 heavy (non-hydrogen) atoms. The van der Waals surface area contributed by atoms with Gasteiger partial charge < -0.3 is 4.74 Å². The predicted molar refractivity (Wildman–Crippen MR) is 141 cm³/mol. The van der Waals surface area contributed by atoms with Crippen LogP contribution in [0.15, 0.2) is 48.6 Å². The fourth-order valence-electron chi connectivity index (χ4n) is 6.12. The number of ether oxygens (including phenoxy) is 1. The molecule has 0 aromatic heterocycles. The predicted octanol–water partition coefficient (Wildman–Crippen LogP) is 10.4. The van der Waals surface area contributed by atoms with Crippen LogP contribution in [0.2, 0.25) is 0 Å². The lowest BCUT2D eigenvalue weighted by atomic mass is 9.76. The topological polar surface area (TPSA) is 9.23 Å². The van der Waals surface area contributed by atoms with E-state index in [0.29, 0.717) is 17.4 Å². The molecular weight excluding hydrogens is 495 g/mol. The summed E-state index contributed by atoms with van der Waals surface area (Å²) < 4.78 is 76.3. The molecule has 0 spiro atoms. The standard InChI is InChI=1S/C32H39F5O/c1-2-3-4-5-22-6-8-23(9-7-22)10-11-24-12-14-25(15-13-24)26-20-29(34)31(30(35)21-26)32(36,37)38-28-18-16-27(33)17-19-28/h10-11,16-25H,2-9,12-15H2,1H3/b11-10+. The average Bonchev–Trinajstić information content (AvgIpc) is 2.89. The maximum atomic E-state index is 14.8. The summed E-state index contributed by atoms with van der Waals surface area (Å²) in [4.78, 5) is 0. The van der Waals surface area contributed by atoms with Gasteiger partial charge in [-0.25, -0.2) is 13.2 Å². The summed E-state index contributed by atoms with van der Waals surface area (Å²) in [6.45, 7) is 2.25. The molecule has 208 valence electrons. The smallest absolute Gasteiger partial charge is 0.429 e. The molecule has 2 aromatic rings. The molecule has 6 heteroatoms. The van der Waals surface area contributed by atoms with Crippen LogP contribution in [0, 0.1) is 35.2 Å². The molecule has 0 aliphatic heterocycles. The van der Waals surface area contributed by atoms with Gasteiger partial charge in [0.15, 0.2) is 0 Å². The Kier molecular flexibility index (Phi) is 9.89. The van der Waals surface area contributed by atoms with Crippen LogP contribution in [-0.2, 0) is 6.11 Å². The quantitative estimate of drug-likeness (QED) is 0.167. The number of alkyl halides is 2. The molecule has 2 fully saturated rings. The van der Waals surface area contributed by atoms with Gasteiger partial charge in [0.25, 0.3) is 0 Å². The van der Waals surface area contributed by atoms with Crippen LogP contribution in [-0.4, -0.2) is 0 Å². The minimum absolute atomic E-state index is 0.0668. The van der Waals surface area contributed by atoms with Gasteiger partial charge in [0.1, 0.15) is 28.8 Å². The summed E-state index contributed by atoms with van der Waals surface area (Å²) in [6, 6.07) is 5.87. The first-order chi connectivity index (χ1) is 18.2. The Morgan fingerprint density at radius 1 is 0.789 bits per heavy atom. The summed E-state index contributed by atoms with van der Waals surface area (Å²) in [5.74, 6) is -1.75. The first kappa shape index (κ1) is 28.6. The summed E-state index contributed by atoms with van der Waals surface area (Å²) in [5, 5.41) is 0. The number of benzene rings is 2. The van der Waals surface area contributed by atoms with E-state index < -0.39 is 29.1 Å². The molecule has 2 aromatic carbocycles. The van der Waals surface area contributed by atoms with E-state index in [1.54, 1.807) is 0 Å². The number of hydrogen-bond donors (Lipinski definition) is 0. The zero-order valence-corrected chi connectivity index (χ0v) is 22.2. The number of hydrogen-bond acceptors (Lipinski definition) is 1. The van der Waals surface area contributed by atoms with Crippen LogP contribution < -0.4 is 4.74 Å². The maximum absolute atomic E-state index is 14.8. The van der Waals surface area contributed by atoms with E-state index in [9.17, 15) is 22.0 Å². The molecule has 0 heterocycles. The highest BCUT2D eigenvalue weighted by molar-refractivity contribution is 5.32. The van der Waals surface area contributed by atoms with E-state index in [-0.39, 0.29) is 11.7 Å². The highest BCUT2D eigenvalue weighted by atomic mass is 19.3. The lowest BCUT2D eigenvalue weighted by molar-refractivity contribution is -0.189. The average molecular weight is 535 g/mol. The van der Waals surface area contributed by atoms with Crippen molar-refractivity contribution in [2.24, 2.45) is 17.8 Å². The molecule has 0 radical (unpaired) electrons. The van der Waals surface area contributed by atoms with Gasteiger partial charge in [0.2, 0.25) is 0 Å². The second-order valence-corrected chi connectivity index (χ2v) is 11.2. The second kappa shape index (κ2) is 13.1. The Morgan fingerprint density at radius 3 is 1.89 bits per heavy atom. The molecule has 0 unspecified atom stereocenters. The van der Waals surface area contributed by atoms with Crippen molar-refractivity contribution >= 4 is 0 Å². The molecule has 1 nitrogen and oxygen atoms in total. The van der Waals surface area contributed by atoms with E-state index >= 15 is 0 Å². The summed E-state index contributed by atoms with van der Waals surface area (Å²) >= 11 is 0. The minimum atomic E-state index is -4.23. The van der Waals surface area contributed by atoms with Crippen molar-refractivity contribution in [1.82, 2.24) is 0 Å². The number of halogens is 5. The minimum Gasteiger partial charge on any atom is -0.429 e. The van der Waals surface area contributed by atoms with Gasteiger partial charge in [-0.2, -0.15) is 8.78 Å². The monoisotopic (exact) mass is 534 g/mol. The third-order valence-corrected chi connectivity index (χ3v) is 8.42. The number of rotatable bonds is 10. The van der Waals surface area contributed by atoms with Crippen molar-refractivity contribution < 1.29 is 26.7 Å². The van der Waals surface area contributed by atoms with Crippen molar-refractivity contribution in [3.05, 3.63) is 77.1 Å². The Labute approximate surface area is 223 Å². The Balaban J connectivity index is 1.29. The highest BCUT2D eigenvalue weighted by Crippen LogP contribution is 2.41. The summed E-state index contributed by atoms with van der Waals surface area (Å²) in [6.07, 6.45) is 14.4. The maximum Gasteiger partial charge on any atom is 0.432 e. The van der Waals surface area contributed by atoms with E-state index in [4.69, 9.17) is 0 Å². The van der Waals surface area contributed by atoms with E-state index in [2.05, 4.69) is 23.8 Å². The van der Waals surface area contributed by atoms with Gasteiger partial charge in [0, 0.05) is 0 Å². The van der Waals surface area contributed by atoms with Gasteiger partial charge in [-0.15, -0.1) is 0 Å². The van der Waals surface area contributed by atoms with Crippen LogP contribution in [0.5, 0.6) is 5.75 Å². The Morgan fingerprint density at radius 2 is 1.34 bits per heavy atom. The number of allylic oxidation sites excluding steroid dienone is 2. The lowest BCUT2D eigenvalue weighted by Gasteiger charge is -2.29. The molecule has 2 saturated carbocycles. The molecule has 2 aliphatic rings. The van der Waals surface area contributed by atoms with Crippen LogP contribution in [0.4, 0.5) is 22.0 Å². The summed E-state index contributed by atoms with van der Waals surface area (Å²) in [7, 11) is 0. The molecule has 0 atom stereocenters. The Hall–Kier alpha value is -2.37. The zero-order valence-electron chi connectivity index (χ0n) is 22.2. The SMILES string of the molecule is CCCCCC1CCC(/C=C/C2CCC(c3cc(F)c(C(F)(F)Oc4ccc(F)cc4)c(F)c3)CC2)CC1. The fraction of sp³-hybridized carbons (Fsp3) is 0.562. The third kappa shape index (κ3) is 7.60. The second-order valence-electron chi connectivity index (χ2n) is 11.2. The van der Waals surface area contributed by atoms with Crippen LogP contribution in [0.3, 0.4) is 0 Å². The van der Waals surface area contributed by atoms with E-state index in [1.165, 1.54) is 51.4 Å². The third-order valence-electron chi connectivity index (χ3n) is 8.42. The Bertz CT molecular complexity index is 1030. The first-order valence-corrected chi connectivity index (χ1v) is 14.2. The first-order valence-electron chi connectivity index (χ1n) is 14.2. The van der Waals surface area contributed by atoms with Crippen molar-refractivity contribution in [2.45, 2.75) is 96.0 Å². The molecule has 2 aliphatic carbocycles. The molecular formula is C32H39F5O. The zero-order chi connectivity index (χ0) is 27.1. The number of unbranched alkanes of at least 4 members (excludes halogenated alkanes) is 2. The molecule has 0 amide bonds. The molecule has 4 rings (SSSR count). The highest BCUT2D eigenvalue weighted by Gasteiger charge is 2.41. The van der Waals surface area contributed by atoms with Gasteiger partial charge in [0.05, 0.1) is 0 Å². The van der Waals surface area contributed by atoms with E-state index in [0.717, 1.165) is 68.0 Å². The van der Waals surface area contributed by atoms with Crippen molar-refractivity contribution in [2.75, 3.05) is 0 Å². The lowest BCUT2D eigenvalue weighted by Crippen LogP contribution is -2.25. The van der Waals surface area contributed by atoms with Crippen molar-refractivity contribution in [3.63, 3.8) is 0 Å². The van der Waals surface area contributed by atoms with Crippen LogP contribution >= 0.6 is 0 Å². The van der Waals surface area contributed by atoms with Gasteiger partial charge >= 0.3 is 6.11 Å². The molecule has 0 saturated heterocycles. The van der Waals surface area contributed by atoms with Crippen molar-refractivity contribution in [1.29, 1.82) is 0 Å². The van der Waals surface area contributed by atoms with Crippen LogP contribution in [0.1, 0.15) is 101 Å². The largest absolute Gasteiger partial charge is 0.432 e. The normalized spacial score (nSPS) is 24.6. The van der Waals surface area contributed by atoms with Crippen molar-refractivity contribution in [3.8, 4) is 5.75 Å². The van der Waals surface area contributed by atoms with Crippen LogP contribution in [0.25, 0.3) is 0 Å². The summed E-state index contributed by atoms with van der Waals surface area (Å²) in [5.41, 5.74) is -1.02. The molecule has 0 N–H and O–H groups in total. The van der Waals surface area contributed by atoms with Gasteiger partial charge in [-0.1, -0.05) is 44.8 Å².